The molecule has 3 heteroatoms. The molecule has 20 heavy (non-hydrogen) atoms. The van der Waals surface area contributed by atoms with Gasteiger partial charge in [0.25, 0.3) is 0 Å². The fourth-order valence-electron chi connectivity index (χ4n) is 2.89. The second kappa shape index (κ2) is 6.06. The molecule has 1 aromatic heterocycles. The van der Waals surface area contributed by atoms with E-state index in [9.17, 15) is 4.39 Å². The number of hydrogen-bond acceptors (Lipinski definition) is 2. The second-order valence-corrected chi connectivity index (χ2v) is 6.77. The minimum atomic E-state index is -0.184. The molecule has 0 aliphatic heterocycles. The quantitative estimate of drug-likeness (QED) is 0.833. The molecule has 0 saturated heterocycles. The molecule has 1 unspecified atom stereocenters. The van der Waals surface area contributed by atoms with Gasteiger partial charge in [-0.1, -0.05) is 18.6 Å². The van der Waals surface area contributed by atoms with Crippen molar-refractivity contribution in [1.82, 2.24) is 0 Å². The lowest BCUT2D eigenvalue weighted by atomic mass is 10.0. The number of rotatable bonds is 3. The zero-order valence-electron chi connectivity index (χ0n) is 11.6. The molecule has 0 saturated carbocycles. The van der Waals surface area contributed by atoms with E-state index in [0.717, 1.165) is 5.56 Å². The number of nitrogens with two attached hydrogens (primary N) is 1. The molecule has 0 amide bonds. The Labute approximate surface area is 123 Å². The van der Waals surface area contributed by atoms with E-state index >= 15 is 0 Å². The van der Waals surface area contributed by atoms with Gasteiger partial charge in [-0.15, -0.1) is 11.3 Å². The van der Waals surface area contributed by atoms with Gasteiger partial charge < -0.3 is 5.73 Å². The first-order valence-corrected chi connectivity index (χ1v) is 8.15. The SMILES string of the molecule is NC(Cc1cccc(F)c1)c1cc2c(s1)CCCCC2. The maximum Gasteiger partial charge on any atom is 0.123 e. The van der Waals surface area contributed by atoms with Gasteiger partial charge in [0.15, 0.2) is 0 Å². The van der Waals surface area contributed by atoms with Crippen LogP contribution in [0, 0.1) is 5.82 Å². The zero-order valence-corrected chi connectivity index (χ0v) is 12.4. The van der Waals surface area contributed by atoms with Crippen LogP contribution < -0.4 is 5.73 Å². The Bertz CT molecular complexity index is 567. The number of fused-ring (bicyclic) bond motifs is 1. The zero-order chi connectivity index (χ0) is 13.9. The molecule has 1 heterocycles. The first kappa shape index (κ1) is 13.8. The highest BCUT2D eigenvalue weighted by Gasteiger charge is 2.16. The van der Waals surface area contributed by atoms with Crippen molar-refractivity contribution in [2.45, 2.75) is 44.6 Å². The van der Waals surface area contributed by atoms with E-state index in [4.69, 9.17) is 5.73 Å². The summed E-state index contributed by atoms with van der Waals surface area (Å²) in [6, 6.07) is 9.02. The predicted octanol–water partition coefficient (Wildman–Crippen LogP) is 4.40. The molecular weight excluding hydrogens is 269 g/mol. The Morgan fingerprint density at radius 2 is 2.00 bits per heavy atom. The van der Waals surface area contributed by atoms with Gasteiger partial charge in [0.05, 0.1) is 0 Å². The van der Waals surface area contributed by atoms with Gasteiger partial charge in [-0.3, -0.25) is 0 Å². The molecule has 1 aromatic carbocycles. The lowest BCUT2D eigenvalue weighted by molar-refractivity contribution is 0.622. The molecule has 0 spiro atoms. The Kier molecular flexibility index (Phi) is 4.18. The van der Waals surface area contributed by atoms with Crippen LogP contribution >= 0.6 is 11.3 Å². The predicted molar refractivity (Wildman–Crippen MR) is 82.6 cm³/mol. The normalized spacial score (nSPS) is 16.5. The van der Waals surface area contributed by atoms with Gasteiger partial charge in [-0.25, -0.2) is 4.39 Å². The maximum atomic E-state index is 13.2. The molecule has 1 aliphatic carbocycles. The van der Waals surface area contributed by atoms with Crippen LogP contribution in [-0.4, -0.2) is 0 Å². The summed E-state index contributed by atoms with van der Waals surface area (Å²) in [6.45, 7) is 0. The van der Waals surface area contributed by atoms with E-state index in [1.54, 1.807) is 12.1 Å². The molecule has 0 fully saturated rings. The molecule has 1 aliphatic rings. The van der Waals surface area contributed by atoms with Crippen LogP contribution in [0.1, 0.15) is 46.2 Å². The fourth-order valence-corrected chi connectivity index (χ4v) is 4.15. The highest BCUT2D eigenvalue weighted by Crippen LogP contribution is 2.32. The van der Waals surface area contributed by atoms with Crippen LogP contribution in [-0.2, 0) is 19.3 Å². The maximum absolute atomic E-state index is 13.2. The number of halogens is 1. The van der Waals surface area contributed by atoms with E-state index in [0.29, 0.717) is 6.42 Å². The second-order valence-electron chi connectivity index (χ2n) is 5.60. The summed E-state index contributed by atoms with van der Waals surface area (Å²) in [5.41, 5.74) is 8.79. The van der Waals surface area contributed by atoms with Crippen molar-refractivity contribution < 1.29 is 4.39 Å². The van der Waals surface area contributed by atoms with Crippen molar-refractivity contribution in [3.63, 3.8) is 0 Å². The average molecular weight is 289 g/mol. The standard InChI is InChI=1S/C17H20FNS/c18-14-7-4-5-12(9-14)10-15(19)17-11-13-6-2-1-3-8-16(13)20-17/h4-5,7,9,11,15H,1-3,6,8,10,19H2. The summed E-state index contributed by atoms with van der Waals surface area (Å²) in [7, 11) is 0. The van der Waals surface area contributed by atoms with Gasteiger partial charge in [-0.2, -0.15) is 0 Å². The van der Waals surface area contributed by atoms with E-state index in [2.05, 4.69) is 6.07 Å². The third-order valence-corrected chi connectivity index (χ3v) is 5.34. The Balaban J connectivity index is 1.75. The van der Waals surface area contributed by atoms with E-state index in [-0.39, 0.29) is 11.9 Å². The summed E-state index contributed by atoms with van der Waals surface area (Å²) < 4.78 is 13.2. The van der Waals surface area contributed by atoms with Gasteiger partial charge in [0, 0.05) is 15.8 Å². The van der Waals surface area contributed by atoms with Crippen LogP contribution in [0.5, 0.6) is 0 Å². The van der Waals surface area contributed by atoms with Crippen molar-refractivity contribution in [3.8, 4) is 0 Å². The Hall–Kier alpha value is -1.19. The topological polar surface area (TPSA) is 26.0 Å². The summed E-state index contributed by atoms with van der Waals surface area (Å²) in [6.07, 6.45) is 7.03. The Morgan fingerprint density at radius 1 is 1.15 bits per heavy atom. The lowest BCUT2D eigenvalue weighted by Crippen LogP contribution is -2.11. The summed E-state index contributed by atoms with van der Waals surface area (Å²) in [5.74, 6) is -0.184. The number of benzene rings is 1. The Morgan fingerprint density at radius 3 is 2.85 bits per heavy atom. The van der Waals surface area contributed by atoms with Crippen LogP contribution in [0.15, 0.2) is 30.3 Å². The lowest BCUT2D eigenvalue weighted by Gasteiger charge is -2.09. The molecule has 0 bridgehead atoms. The monoisotopic (exact) mass is 289 g/mol. The minimum absolute atomic E-state index is 0.0197. The highest BCUT2D eigenvalue weighted by atomic mass is 32.1. The third-order valence-electron chi connectivity index (χ3n) is 3.98. The van der Waals surface area contributed by atoms with E-state index < -0.39 is 0 Å². The molecule has 1 nitrogen and oxygen atoms in total. The van der Waals surface area contributed by atoms with Crippen molar-refractivity contribution in [2.75, 3.05) is 0 Å². The van der Waals surface area contributed by atoms with Gasteiger partial charge in [0.1, 0.15) is 5.82 Å². The molecule has 2 N–H and O–H groups in total. The van der Waals surface area contributed by atoms with Crippen molar-refractivity contribution >= 4 is 11.3 Å². The van der Waals surface area contributed by atoms with E-state index in [1.165, 1.54) is 53.5 Å². The molecular formula is C17H20FNS. The van der Waals surface area contributed by atoms with Gasteiger partial charge >= 0.3 is 0 Å². The smallest absolute Gasteiger partial charge is 0.123 e. The van der Waals surface area contributed by atoms with Crippen LogP contribution in [0.25, 0.3) is 0 Å². The van der Waals surface area contributed by atoms with Gasteiger partial charge in [0.2, 0.25) is 0 Å². The summed E-state index contributed by atoms with van der Waals surface area (Å²) in [4.78, 5) is 2.77. The van der Waals surface area contributed by atoms with Crippen LogP contribution in [0.3, 0.4) is 0 Å². The van der Waals surface area contributed by atoms with Crippen molar-refractivity contribution in [3.05, 3.63) is 57.0 Å². The summed E-state index contributed by atoms with van der Waals surface area (Å²) in [5, 5.41) is 0. The molecule has 0 radical (unpaired) electrons. The van der Waals surface area contributed by atoms with E-state index in [1.807, 2.05) is 17.4 Å². The molecule has 3 rings (SSSR count). The molecule has 106 valence electrons. The third kappa shape index (κ3) is 3.10. The van der Waals surface area contributed by atoms with Gasteiger partial charge in [-0.05, 0) is 61.4 Å². The minimum Gasteiger partial charge on any atom is -0.323 e. The first-order valence-electron chi connectivity index (χ1n) is 7.34. The number of hydrogen-bond donors (Lipinski definition) is 1. The summed E-state index contributed by atoms with van der Waals surface area (Å²) >= 11 is 1.86. The largest absolute Gasteiger partial charge is 0.323 e. The highest BCUT2D eigenvalue weighted by molar-refractivity contribution is 7.12. The molecule has 2 aromatic rings. The van der Waals surface area contributed by atoms with Crippen LogP contribution in [0.4, 0.5) is 4.39 Å². The first-order chi connectivity index (χ1) is 9.72. The number of thiophene rings is 1. The van der Waals surface area contributed by atoms with Crippen LogP contribution in [0.2, 0.25) is 0 Å². The number of aryl methyl sites for hydroxylation is 2. The fraction of sp³-hybridized carbons (Fsp3) is 0.412. The van der Waals surface area contributed by atoms with Crippen molar-refractivity contribution in [2.24, 2.45) is 5.73 Å². The average Bonchev–Trinajstić information content (AvgIpc) is 2.70. The van der Waals surface area contributed by atoms with Crippen molar-refractivity contribution in [1.29, 1.82) is 0 Å². The molecule has 1 atom stereocenters.